The fourth-order valence-corrected chi connectivity index (χ4v) is 1.75. The molecule has 0 saturated carbocycles. The van der Waals surface area contributed by atoms with Gasteiger partial charge >= 0.3 is 0 Å². The van der Waals surface area contributed by atoms with E-state index in [1.807, 2.05) is 25.2 Å². The van der Waals surface area contributed by atoms with Crippen LogP contribution >= 0.6 is 0 Å². The van der Waals surface area contributed by atoms with E-state index in [0.29, 0.717) is 0 Å². The Balaban J connectivity index is 1.89. The van der Waals surface area contributed by atoms with Crippen LogP contribution < -0.4 is 10.6 Å². The second-order valence-corrected chi connectivity index (χ2v) is 3.85. The molecule has 1 aromatic heterocycles. The van der Waals surface area contributed by atoms with E-state index in [1.165, 1.54) is 11.1 Å². The standard InChI is InChI=1S/C12H18N4/c1-13-7-4-8-14-9-12-10-5-2-3-6-11(10)15-16-12/h2-3,5-6,13-14H,4,7-9H2,1H3,(H,15,16). The second-order valence-electron chi connectivity index (χ2n) is 3.85. The molecule has 16 heavy (non-hydrogen) atoms. The van der Waals surface area contributed by atoms with Gasteiger partial charge in [-0.25, -0.2) is 0 Å². The van der Waals surface area contributed by atoms with Gasteiger partial charge in [0.25, 0.3) is 0 Å². The van der Waals surface area contributed by atoms with Gasteiger partial charge in [0, 0.05) is 11.9 Å². The zero-order valence-corrected chi connectivity index (χ0v) is 9.59. The van der Waals surface area contributed by atoms with Crippen LogP contribution in [0.25, 0.3) is 10.9 Å². The van der Waals surface area contributed by atoms with E-state index in [-0.39, 0.29) is 0 Å². The Morgan fingerprint density at radius 3 is 3.00 bits per heavy atom. The predicted molar refractivity (Wildman–Crippen MR) is 66.3 cm³/mol. The number of fused-ring (bicyclic) bond motifs is 1. The average Bonchev–Trinajstić information content (AvgIpc) is 2.73. The van der Waals surface area contributed by atoms with Gasteiger partial charge < -0.3 is 10.6 Å². The fourth-order valence-electron chi connectivity index (χ4n) is 1.75. The predicted octanol–water partition coefficient (Wildman–Crippen LogP) is 1.26. The number of nitrogens with one attached hydrogen (secondary N) is 3. The first-order valence-corrected chi connectivity index (χ1v) is 5.69. The van der Waals surface area contributed by atoms with Crippen LogP contribution in [0.1, 0.15) is 12.1 Å². The van der Waals surface area contributed by atoms with E-state index < -0.39 is 0 Å². The first-order chi connectivity index (χ1) is 7.92. The molecule has 0 aliphatic heterocycles. The van der Waals surface area contributed by atoms with Gasteiger partial charge in [0.2, 0.25) is 0 Å². The minimum absolute atomic E-state index is 0.851. The number of para-hydroxylation sites is 1. The fraction of sp³-hybridized carbons (Fsp3) is 0.417. The lowest BCUT2D eigenvalue weighted by atomic mass is 10.2. The van der Waals surface area contributed by atoms with Gasteiger partial charge in [-0.3, -0.25) is 5.10 Å². The molecule has 2 rings (SSSR count). The van der Waals surface area contributed by atoms with E-state index in [0.717, 1.165) is 31.6 Å². The molecule has 0 saturated heterocycles. The number of H-pyrrole nitrogens is 1. The van der Waals surface area contributed by atoms with Gasteiger partial charge in [-0.2, -0.15) is 5.10 Å². The van der Waals surface area contributed by atoms with E-state index in [2.05, 4.69) is 26.9 Å². The van der Waals surface area contributed by atoms with E-state index in [9.17, 15) is 0 Å². The Hall–Kier alpha value is -1.39. The number of benzene rings is 1. The summed E-state index contributed by atoms with van der Waals surface area (Å²) >= 11 is 0. The third-order valence-corrected chi connectivity index (χ3v) is 2.62. The smallest absolute Gasteiger partial charge is 0.0924 e. The van der Waals surface area contributed by atoms with Crippen LogP contribution in [0.2, 0.25) is 0 Å². The zero-order valence-electron chi connectivity index (χ0n) is 9.59. The maximum atomic E-state index is 4.26. The largest absolute Gasteiger partial charge is 0.320 e. The van der Waals surface area contributed by atoms with Crippen LogP contribution in [-0.2, 0) is 6.54 Å². The van der Waals surface area contributed by atoms with Gasteiger partial charge in [-0.15, -0.1) is 0 Å². The molecular formula is C12H18N4. The molecule has 0 unspecified atom stereocenters. The van der Waals surface area contributed by atoms with Crippen LogP contribution in [-0.4, -0.2) is 30.3 Å². The van der Waals surface area contributed by atoms with E-state index in [4.69, 9.17) is 0 Å². The lowest BCUT2D eigenvalue weighted by Crippen LogP contribution is -2.19. The van der Waals surface area contributed by atoms with Crippen molar-refractivity contribution in [3.8, 4) is 0 Å². The first kappa shape index (κ1) is 11.1. The van der Waals surface area contributed by atoms with E-state index in [1.54, 1.807) is 0 Å². The first-order valence-electron chi connectivity index (χ1n) is 5.69. The Morgan fingerprint density at radius 1 is 1.25 bits per heavy atom. The molecule has 0 radical (unpaired) electrons. The number of nitrogens with zero attached hydrogens (tertiary/aromatic N) is 1. The molecular weight excluding hydrogens is 200 g/mol. The molecule has 0 amide bonds. The number of aromatic nitrogens is 2. The molecule has 1 aromatic carbocycles. The zero-order chi connectivity index (χ0) is 11.2. The van der Waals surface area contributed by atoms with Crippen LogP contribution in [0.15, 0.2) is 24.3 Å². The van der Waals surface area contributed by atoms with Crippen LogP contribution in [0, 0.1) is 0 Å². The van der Waals surface area contributed by atoms with Crippen molar-refractivity contribution in [1.82, 2.24) is 20.8 Å². The molecule has 0 fully saturated rings. The third-order valence-electron chi connectivity index (χ3n) is 2.62. The summed E-state index contributed by atoms with van der Waals surface area (Å²) in [5.74, 6) is 0. The topological polar surface area (TPSA) is 52.7 Å². The van der Waals surface area contributed by atoms with Crippen molar-refractivity contribution in [3.63, 3.8) is 0 Å². The maximum Gasteiger partial charge on any atom is 0.0924 e. The summed E-state index contributed by atoms with van der Waals surface area (Å²) in [6.07, 6.45) is 1.14. The highest BCUT2D eigenvalue weighted by Gasteiger charge is 2.02. The SMILES string of the molecule is CNCCCNCc1[nH]nc2ccccc12. The summed E-state index contributed by atoms with van der Waals surface area (Å²) < 4.78 is 0. The molecule has 1 heterocycles. The van der Waals surface area contributed by atoms with E-state index >= 15 is 0 Å². The van der Waals surface area contributed by atoms with Crippen molar-refractivity contribution >= 4 is 10.9 Å². The highest BCUT2D eigenvalue weighted by atomic mass is 15.1. The summed E-state index contributed by atoms with van der Waals surface area (Å²) in [6, 6.07) is 8.18. The molecule has 4 heteroatoms. The lowest BCUT2D eigenvalue weighted by molar-refractivity contribution is 0.619. The Bertz CT molecular complexity index is 435. The van der Waals surface area contributed by atoms with Gasteiger partial charge in [0.1, 0.15) is 0 Å². The minimum Gasteiger partial charge on any atom is -0.320 e. The average molecular weight is 218 g/mol. The van der Waals surface area contributed by atoms with Crippen LogP contribution in [0.5, 0.6) is 0 Å². The summed E-state index contributed by atoms with van der Waals surface area (Å²) in [7, 11) is 1.97. The van der Waals surface area contributed by atoms with Crippen molar-refractivity contribution < 1.29 is 0 Å². The molecule has 2 aromatic rings. The Labute approximate surface area is 95.4 Å². The normalized spacial score (nSPS) is 11.1. The highest BCUT2D eigenvalue weighted by Crippen LogP contribution is 2.14. The quantitative estimate of drug-likeness (QED) is 0.640. The molecule has 0 spiro atoms. The molecule has 3 N–H and O–H groups in total. The van der Waals surface area contributed by atoms with Crippen LogP contribution in [0.3, 0.4) is 0 Å². The van der Waals surface area contributed by atoms with Gasteiger partial charge in [-0.1, -0.05) is 18.2 Å². The summed E-state index contributed by atoms with van der Waals surface area (Å²) in [4.78, 5) is 0. The molecule has 86 valence electrons. The van der Waals surface area contributed by atoms with Gasteiger partial charge in [-0.05, 0) is 32.6 Å². The van der Waals surface area contributed by atoms with Crippen molar-refractivity contribution in [3.05, 3.63) is 30.0 Å². The molecule has 4 nitrogen and oxygen atoms in total. The number of hydrogen-bond acceptors (Lipinski definition) is 3. The van der Waals surface area contributed by atoms with Crippen molar-refractivity contribution in [2.45, 2.75) is 13.0 Å². The van der Waals surface area contributed by atoms with Gasteiger partial charge in [0.15, 0.2) is 0 Å². The lowest BCUT2D eigenvalue weighted by Gasteiger charge is -2.02. The summed E-state index contributed by atoms with van der Waals surface area (Å²) in [5.41, 5.74) is 2.20. The molecule has 0 aliphatic carbocycles. The Morgan fingerprint density at radius 2 is 2.12 bits per heavy atom. The van der Waals surface area contributed by atoms with Crippen molar-refractivity contribution in [2.24, 2.45) is 0 Å². The molecule has 0 bridgehead atoms. The van der Waals surface area contributed by atoms with Crippen molar-refractivity contribution in [1.29, 1.82) is 0 Å². The summed E-state index contributed by atoms with van der Waals surface area (Å²) in [5, 5.41) is 15.1. The molecule has 0 aliphatic rings. The third kappa shape index (κ3) is 2.59. The highest BCUT2D eigenvalue weighted by molar-refractivity contribution is 5.80. The minimum atomic E-state index is 0.851. The number of rotatable bonds is 6. The van der Waals surface area contributed by atoms with Gasteiger partial charge in [0.05, 0.1) is 11.2 Å². The summed E-state index contributed by atoms with van der Waals surface area (Å²) in [6.45, 7) is 2.93. The second kappa shape index (κ2) is 5.63. The molecule has 0 atom stereocenters. The Kier molecular flexibility index (Phi) is 3.91. The number of hydrogen-bond donors (Lipinski definition) is 3. The maximum absolute atomic E-state index is 4.26. The van der Waals surface area contributed by atoms with Crippen molar-refractivity contribution in [2.75, 3.05) is 20.1 Å². The van der Waals surface area contributed by atoms with Crippen LogP contribution in [0.4, 0.5) is 0 Å². The monoisotopic (exact) mass is 218 g/mol. The number of aromatic amines is 1.